The zero-order valence-corrected chi connectivity index (χ0v) is 33.4. The zero-order chi connectivity index (χ0) is 41.0. The minimum atomic E-state index is 0.526. The van der Waals surface area contributed by atoms with Gasteiger partial charge in [-0.3, -0.25) is 4.98 Å². The SMILES string of the molecule is c1ccc(-c2cccc(-c3cnc(-c4cccc5oc6cc7c8ccccc8n(-c8ccccc8)c7cc6c45)c(-c4nc(-c5ccccc5)nc(-c5ccccc5)n4)c3)c2)cc1. The van der Waals surface area contributed by atoms with Crippen LogP contribution in [-0.2, 0) is 0 Å². The smallest absolute Gasteiger partial charge is 0.166 e. The monoisotopic (exact) mass is 793 g/mol. The second-order valence-corrected chi connectivity index (χ2v) is 15.4. The maximum Gasteiger partial charge on any atom is 0.166 e. The number of rotatable bonds is 7. The second kappa shape index (κ2) is 14.7. The van der Waals surface area contributed by atoms with E-state index in [2.05, 4.69) is 132 Å². The van der Waals surface area contributed by atoms with Crippen molar-refractivity contribution in [2.24, 2.45) is 0 Å². The summed E-state index contributed by atoms with van der Waals surface area (Å²) in [5.74, 6) is 1.69. The van der Waals surface area contributed by atoms with Gasteiger partial charge in [-0.2, -0.15) is 0 Å². The molecule has 0 amide bonds. The third kappa shape index (κ3) is 6.04. The highest BCUT2D eigenvalue weighted by molar-refractivity contribution is 6.20. The Kier molecular flexibility index (Phi) is 8.38. The van der Waals surface area contributed by atoms with Gasteiger partial charge in [-0.15, -0.1) is 0 Å². The number of nitrogens with zero attached hydrogens (tertiary/aromatic N) is 5. The molecule has 0 saturated carbocycles. The minimum Gasteiger partial charge on any atom is -0.456 e. The molecule has 0 fully saturated rings. The summed E-state index contributed by atoms with van der Waals surface area (Å²) in [6, 6.07) is 71.2. The number of aromatic nitrogens is 5. The quantitative estimate of drug-likeness (QED) is 0.161. The van der Waals surface area contributed by atoms with Gasteiger partial charge in [0.25, 0.3) is 0 Å². The average Bonchev–Trinajstić information content (AvgIpc) is 3.89. The molecular weight excluding hydrogens is 759 g/mol. The van der Waals surface area contributed by atoms with Gasteiger partial charge in [-0.1, -0.05) is 158 Å². The van der Waals surface area contributed by atoms with Crippen LogP contribution in [0.3, 0.4) is 0 Å². The van der Waals surface area contributed by atoms with Crippen LogP contribution in [-0.4, -0.2) is 24.5 Å². The Morgan fingerprint density at radius 2 is 0.935 bits per heavy atom. The summed E-state index contributed by atoms with van der Waals surface area (Å²) in [6.07, 6.45) is 1.97. The number of furan rings is 1. The molecule has 62 heavy (non-hydrogen) atoms. The lowest BCUT2D eigenvalue weighted by molar-refractivity contribution is 0.669. The zero-order valence-electron chi connectivity index (χ0n) is 33.4. The van der Waals surface area contributed by atoms with E-state index in [1.807, 2.05) is 85.1 Å². The first kappa shape index (κ1) is 35.5. The van der Waals surface area contributed by atoms with Gasteiger partial charge in [0.15, 0.2) is 17.5 Å². The topological polar surface area (TPSA) is 69.6 Å². The number of benzene rings is 8. The Hall–Kier alpha value is -8.48. The summed E-state index contributed by atoms with van der Waals surface area (Å²) < 4.78 is 9.10. The summed E-state index contributed by atoms with van der Waals surface area (Å²) in [5, 5.41) is 4.28. The highest BCUT2D eigenvalue weighted by Gasteiger charge is 2.23. The molecule has 12 rings (SSSR count). The first-order valence-electron chi connectivity index (χ1n) is 20.7. The highest BCUT2D eigenvalue weighted by atomic mass is 16.3. The molecule has 0 bridgehead atoms. The van der Waals surface area contributed by atoms with Crippen LogP contribution in [0.15, 0.2) is 217 Å². The molecule has 12 aromatic rings. The van der Waals surface area contributed by atoms with Crippen LogP contribution in [0.1, 0.15) is 0 Å². The fraction of sp³-hybridized carbons (Fsp3) is 0. The van der Waals surface area contributed by atoms with E-state index in [0.717, 1.165) is 94.2 Å². The molecule has 290 valence electrons. The van der Waals surface area contributed by atoms with Crippen LogP contribution in [0.25, 0.3) is 117 Å². The maximum atomic E-state index is 6.76. The van der Waals surface area contributed by atoms with Crippen molar-refractivity contribution >= 4 is 43.7 Å². The maximum absolute atomic E-state index is 6.76. The second-order valence-electron chi connectivity index (χ2n) is 15.4. The standard InChI is InChI=1S/C56H35N5O/c1-5-17-36(18-6-1)39-23-15-24-40(31-39)41-32-47(56-59-54(37-19-7-2-8-20-37)58-55(60-56)38-21-9-3-10-22-38)53(57-35-41)44-28-16-30-50-52(44)46-33-49-45(34-51(46)62-50)43-27-13-14-29-48(43)61(49)42-25-11-4-12-26-42/h1-35H. The summed E-state index contributed by atoms with van der Waals surface area (Å²) >= 11 is 0. The fourth-order valence-electron chi connectivity index (χ4n) is 8.79. The first-order chi connectivity index (χ1) is 30.7. The molecular formula is C56H35N5O. The van der Waals surface area contributed by atoms with Gasteiger partial charge in [0.1, 0.15) is 11.2 Å². The van der Waals surface area contributed by atoms with E-state index in [0.29, 0.717) is 17.5 Å². The molecule has 0 aliphatic carbocycles. The molecule has 6 nitrogen and oxygen atoms in total. The Morgan fingerprint density at radius 3 is 1.65 bits per heavy atom. The Balaban J connectivity index is 1.13. The molecule has 0 aliphatic rings. The third-order valence-electron chi connectivity index (χ3n) is 11.7. The van der Waals surface area contributed by atoms with Gasteiger partial charge in [0.2, 0.25) is 0 Å². The van der Waals surface area contributed by atoms with Crippen LogP contribution in [0, 0.1) is 0 Å². The summed E-state index contributed by atoms with van der Waals surface area (Å²) in [5.41, 5.74) is 13.4. The predicted octanol–water partition coefficient (Wildman–Crippen LogP) is 14.3. The van der Waals surface area contributed by atoms with Gasteiger partial charge in [0.05, 0.1) is 16.7 Å². The minimum absolute atomic E-state index is 0.526. The Labute approximate surface area is 357 Å². The normalized spacial score (nSPS) is 11.5. The van der Waals surface area contributed by atoms with Crippen LogP contribution in [0.5, 0.6) is 0 Å². The van der Waals surface area contributed by atoms with Crippen LogP contribution >= 0.6 is 0 Å². The van der Waals surface area contributed by atoms with E-state index in [-0.39, 0.29) is 0 Å². The van der Waals surface area contributed by atoms with E-state index in [9.17, 15) is 0 Å². The Bertz CT molecular complexity index is 3560. The highest BCUT2D eigenvalue weighted by Crippen LogP contribution is 2.44. The lowest BCUT2D eigenvalue weighted by atomic mass is 9.95. The number of para-hydroxylation sites is 2. The van der Waals surface area contributed by atoms with Gasteiger partial charge in [0, 0.05) is 61.2 Å². The van der Waals surface area contributed by atoms with Crippen LogP contribution < -0.4 is 0 Å². The number of hydrogen-bond acceptors (Lipinski definition) is 5. The van der Waals surface area contributed by atoms with Crippen molar-refractivity contribution in [2.75, 3.05) is 0 Å². The van der Waals surface area contributed by atoms with E-state index >= 15 is 0 Å². The number of fused-ring (bicyclic) bond motifs is 6. The van der Waals surface area contributed by atoms with E-state index in [4.69, 9.17) is 24.4 Å². The van der Waals surface area contributed by atoms with Crippen molar-refractivity contribution in [3.63, 3.8) is 0 Å². The van der Waals surface area contributed by atoms with Gasteiger partial charge < -0.3 is 8.98 Å². The Morgan fingerprint density at radius 1 is 0.355 bits per heavy atom. The molecule has 0 radical (unpaired) electrons. The summed E-state index contributed by atoms with van der Waals surface area (Å²) in [6.45, 7) is 0. The van der Waals surface area contributed by atoms with Crippen molar-refractivity contribution < 1.29 is 4.42 Å². The van der Waals surface area contributed by atoms with Crippen molar-refractivity contribution in [1.82, 2.24) is 24.5 Å². The lowest BCUT2D eigenvalue weighted by Crippen LogP contribution is -2.02. The molecule has 0 spiro atoms. The number of hydrogen-bond donors (Lipinski definition) is 0. The molecule has 0 N–H and O–H groups in total. The fourth-order valence-corrected chi connectivity index (χ4v) is 8.79. The first-order valence-corrected chi connectivity index (χ1v) is 20.7. The molecule has 0 aliphatic heterocycles. The molecule has 8 aromatic carbocycles. The molecule has 4 heterocycles. The van der Waals surface area contributed by atoms with Crippen LogP contribution in [0.2, 0.25) is 0 Å². The molecule has 0 unspecified atom stereocenters. The van der Waals surface area contributed by atoms with E-state index < -0.39 is 0 Å². The van der Waals surface area contributed by atoms with Gasteiger partial charge in [-0.05, 0) is 65.2 Å². The van der Waals surface area contributed by atoms with Crippen LogP contribution in [0.4, 0.5) is 0 Å². The number of pyridine rings is 1. The summed E-state index contributed by atoms with van der Waals surface area (Å²) in [4.78, 5) is 20.9. The van der Waals surface area contributed by atoms with Gasteiger partial charge >= 0.3 is 0 Å². The van der Waals surface area contributed by atoms with E-state index in [1.165, 1.54) is 5.39 Å². The van der Waals surface area contributed by atoms with E-state index in [1.54, 1.807) is 0 Å². The third-order valence-corrected chi connectivity index (χ3v) is 11.7. The summed E-state index contributed by atoms with van der Waals surface area (Å²) in [7, 11) is 0. The van der Waals surface area contributed by atoms with Crippen molar-refractivity contribution in [2.45, 2.75) is 0 Å². The molecule has 4 aromatic heterocycles. The predicted molar refractivity (Wildman–Crippen MR) is 252 cm³/mol. The lowest BCUT2D eigenvalue weighted by Gasteiger charge is -2.14. The molecule has 6 heteroatoms. The largest absolute Gasteiger partial charge is 0.456 e. The van der Waals surface area contributed by atoms with Crippen molar-refractivity contribution in [3.8, 4) is 73.4 Å². The van der Waals surface area contributed by atoms with Crippen molar-refractivity contribution in [3.05, 3.63) is 212 Å². The average molecular weight is 794 g/mol. The molecule has 0 saturated heterocycles. The van der Waals surface area contributed by atoms with Crippen molar-refractivity contribution in [1.29, 1.82) is 0 Å². The molecule has 0 atom stereocenters. The van der Waals surface area contributed by atoms with Gasteiger partial charge in [-0.25, -0.2) is 15.0 Å².